The molecule has 3 rings (SSSR count). The molecular formula is C21H22N2O4. The number of carbonyl (C=O) groups excluding carboxylic acids is 3. The van der Waals surface area contributed by atoms with E-state index in [4.69, 9.17) is 4.74 Å². The number of benzene rings is 2. The van der Waals surface area contributed by atoms with Crippen molar-refractivity contribution >= 4 is 23.3 Å². The molecule has 1 aliphatic rings. The molecule has 0 saturated heterocycles. The zero-order chi connectivity index (χ0) is 19.6. The topological polar surface area (TPSA) is 84.5 Å². The molecule has 2 aromatic rings. The Morgan fingerprint density at radius 1 is 1.15 bits per heavy atom. The minimum absolute atomic E-state index is 0.0568. The van der Waals surface area contributed by atoms with Crippen molar-refractivity contribution in [3.63, 3.8) is 0 Å². The van der Waals surface area contributed by atoms with Gasteiger partial charge in [-0.1, -0.05) is 13.0 Å². The van der Waals surface area contributed by atoms with Gasteiger partial charge in [0.15, 0.2) is 12.4 Å². The highest BCUT2D eigenvalue weighted by Gasteiger charge is 2.31. The Balaban J connectivity index is 1.65. The van der Waals surface area contributed by atoms with E-state index in [1.54, 1.807) is 37.4 Å². The third-order valence-corrected chi connectivity index (χ3v) is 4.71. The van der Waals surface area contributed by atoms with E-state index in [2.05, 4.69) is 10.6 Å². The highest BCUT2D eigenvalue weighted by molar-refractivity contribution is 6.04. The Labute approximate surface area is 157 Å². The van der Waals surface area contributed by atoms with Gasteiger partial charge < -0.3 is 15.4 Å². The molecule has 6 nitrogen and oxygen atoms in total. The Bertz CT molecular complexity index is 903. The number of hydrogen-bond acceptors (Lipinski definition) is 4. The Morgan fingerprint density at radius 3 is 2.52 bits per heavy atom. The Hall–Kier alpha value is -3.15. The molecule has 0 heterocycles. The molecule has 1 unspecified atom stereocenters. The van der Waals surface area contributed by atoms with Crippen LogP contribution in [0.2, 0.25) is 0 Å². The van der Waals surface area contributed by atoms with E-state index in [9.17, 15) is 14.4 Å². The predicted molar refractivity (Wildman–Crippen MR) is 102 cm³/mol. The molecule has 0 radical (unpaired) electrons. The van der Waals surface area contributed by atoms with Crippen LogP contribution >= 0.6 is 0 Å². The van der Waals surface area contributed by atoms with Gasteiger partial charge in [-0.15, -0.1) is 0 Å². The molecule has 1 atom stereocenters. The van der Waals surface area contributed by atoms with Crippen molar-refractivity contribution < 1.29 is 19.1 Å². The van der Waals surface area contributed by atoms with Gasteiger partial charge in [-0.25, -0.2) is 0 Å². The molecule has 6 heteroatoms. The van der Waals surface area contributed by atoms with Crippen molar-refractivity contribution in [2.24, 2.45) is 0 Å². The lowest BCUT2D eigenvalue weighted by Crippen LogP contribution is -2.21. The second-order valence-corrected chi connectivity index (χ2v) is 6.69. The van der Waals surface area contributed by atoms with E-state index in [0.717, 1.165) is 11.1 Å². The summed E-state index contributed by atoms with van der Waals surface area (Å²) < 4.78 is 5.64. The van der Waals surface area contributed by atoms with Gasteiger partial charge in [-0.3, -0.25) is 14.4 Å². The van der Waals surface area contributed by atoms with Crippen LogP contribution in [0.15, 0.2) is 36.4 Å². The van der Waals surface area contributed by atoms with Crippen molar-refractivity contribution in [1.82, 2.24) is 5.32 Å². The summed E-state index contributed by atoms with van der Waals surface area (Å²) in [6.07, 6.45) is 0.473. The Kier molecular flexibility index (Phi) is 5.26. The molecule has 0 aromatic heterocycles. The second-order valence-electron chi connectivity index (χ2n) is 6.69. The van der Waals surface area contributed by atoms with E-state index in [-0.39, 0.29) is 30.1 Å². The lowest BCUT2D eigenvalue weighted by atomic mass is 9.97. The molecule has 1 aliphatic carbocycles. The minimum atomic E-state index is -0.337. The van der Waals surface area contributed by atoms with Crippen LogP contribution in [0.3, 0.4) is 0 Å². The van der Waals surface area contributed by atoms with Crippen LogP contribution in [0.25, 0.3) is 0 Å². The van der Waals surface area contributed by atoms with Crippen LogP contribution in [0, 0.1) is 6.92 Å². The molecule has 140 valence electrons. The summed E-state index contributed by atoms with van der Waals surface area (Å²) in [5, 5.41) is 5.25. The van der Waals surface area contributed by atoms with Crippen LogP contribution in [-0.4, -0.2) is 31.3 Å². The average molecular weight is 366 g/mol. The number of hydrogen-bond donors (Lipinski definition) is 2. The number of nitrogens with one attached hydrogen (secondary N) is 2. The SMILES string of the molecule is CNC(=O)c1ccc(NC(=O)COc2ccc(C)c3c2C(=O)CC3C)cc1. The summed E-state index contributed by atoms with van der Waals surface area (Å²) in [5.41, 5.74) is 3.76. The molecule has 0 aliphatic heterocycles. The van der Waals surface area contributed by atoms with Gasteiger partial charge in [0.25, 0.3) is 11.8 Å². The fourth-order valence-corrected chi connectivity index (χ4v) is 3.42. The number of carbonyl (C=O) groups is 3. The van der Waals surface area contributed by atoms with E-state index in [1.165, 1.54) is 0 Å². The summed E-state index contributed by atoms with van der Waals surface area (Å²) in [5.74, 6) is 0.152. The van der Waals surface area contributed by atoms with Crippen molar-refractivity contribution in [2.75, 3.05) is 19.0 Å². The van der Waals surface area contributed by atoms with E-state index in [1.807, 2.05) is 19.9 Å². The lowest BCUT2D eigenvalue weighted by Gasteiger charge is -2.13. The average Bonchev–Trinajstić information content (AvgIpc) is 2.96. The van der Waals surface area contributed by atoms with Crippen molar-refractivity contribution in [3.8, 4) is 5.75 Å². The summed E-state index contributed by atoms with van der Waals surface area (Å²) in [4.78, 5) is 36.0. The smallest absolute Gasteiger partial charge is 0.262 e. The van der Waals surface area contributed by atoms with Crippen LogP contribution < -0.4 is 15.4 Å². The van der Waals surface area contributed by atoms with E-state index in [0.29, 0.717) is 29.0 Å². The lowest BCUT2D eigenvalue weighted by molar-refractivity contribution is -0.118. The molecule has 2 N–H and O–H groups in total. The highest BCUT2D eigenvalue weighted by Crippen LogP contribution is 2.40. The zero-order valence-corrected chi connectivity index (χ0v) is 15.6. The molecule has 2 amide bonds. The van der Waals surface area contributed by atoms with Crippen molar-refractivity contribution in [3.05, 3.63) is 58.7 Å². The number of anilines is 1. The monoisotopic (exact) mass is 366 g/mol. The van der Waals surface area contributed by atoms with Gasteiger partial charge in [0.05, 0.1) is 5.56 Å². The number of ether oxygens (including phenoxy) is 1. The maximum Gasteiger partial charge on any atom is 0.262 e. The van der Waals surface area contributed by atoms with E-state index >= 15 is 0 Å². The maximum atomic E-state index is 12.3. The van der Waals surface area contributed by atoms with Crippen molar-refractivity contribution in [2.45, 2.75) is 26.2 Å². The normalized spacial score (nSPS) is 15.2. The molecule has 27 heavy (non-hydrogen) atoms. The van der Waals surface area contributed by atoms with Crippen LogP contribution in [-0.2, 0) is 4.79 Å². The number of aryl methyl sites for hydroxylation is 1. The number of Topliss-reactive ketones (excluding diaryl/α,β-unsaturated/α-hetero) is 1. The third-order valence-electron chi connectivity index (χ3n) is 4.71. The van der Waals surface area contributed by atoms with E-state index < -0.39 is 0 Å². The van der Waals surface area contributed by atoms with Gasteiger partial charge in [-0.2, -0.15) is 0 Å². The molecule has 0 saturated carbocycles. The molecule has 0 fully saturated rings. The molecule has 2 aromatic carbocycles. The standard InChI is InChI=1S/C21H22N2O4/c1-12-4-9-17(20-16(24)10-13(2)19(12)20)27-11-18(25)23-15-7-5-14(6-8-15)21(26)22-3/h4-9,13H,10-11H2,1-3H3,(H,22,26)(H,23,25). The molecule has 0 spiro atoms. The minimum Gasteiger partial charge on any atom is -0.483 e. The van der Waals surface area contributed by atoms with Crippen LogP contribution in [0.5, 0.6) is 5.75 Å². The number of amides is 2. The van der Waals surface area contributed by atoms with Gasteiger partial charge in [-0.05, 0) is 54.3 Å². The van der Waals surface area contributed by atoms with Crippen LogP contribution in [0.4, 0.5) is 5.69 Å². The maximum absolute atomic E-state index is 12.3. The van der Waals surface area contributed by atoms with Crippen LogP contribution in [0.1, 0.15) is 51.1 Å². The number of ketones is 1. The summed E-state index contributed by atoms with van der Waals surface area (Å²) in [6.45, 7) is 3.80. The fraction of sp³-hybridized carbons (Fsp3) is 0.286. The highest BCUT2D eigenvalue weighted by atomic mass is 16.5. The first-order valence-electron chi connectivity index (χ1n) is 8.82. The third kappa shape index (κ3) is 3.84. The quantitative estimate of drug-likeness (QED) is 0.852. The zero-order valence-electron chi connectivity index (χ0n) is 15.6. The largest absolute Gasteiger partial charge is 0.483 e. The summed E-state index contributed by atoms with van der Waals surface area (Å²) in [7, 11) is 1.56. The van der Waals surface area contributed by atoms with Gasteiger partial charge in [0.1, 0.15) is 5.75 Å². The fourth-order valence-electron chi connectivity index (χ4n) is 3.42. The van der Waals surface area contributed by atoms with Gasteiger partial charge >= 0.3 is 0 Å². The van der Waals surface area contributed by atoms with Gasteiger partial charge in [0, 0.05) is 24.7 Å². The Morgan fingerprint density at radius 2 is 1.85 bits per heavy atom. The first kappa shape index (κ1) is 18.6. The molecular weight excluding hydrogens is 344 g/mol. The summed E-state index contributed by atoms with van der Waals surface area (Å²) >= 11 is 0. The number of fused-ring (bicyclic) bond motifs is 1. The summed E-state index contributed by atoms with van der Waals surface area (Å²) in [6, 6.07) is 10.2. The first-order valence-corrected chi connectivity index (χ1v) is 8.82. The number of rotatable bonds is 5. The second kappa shape index (κ2) is 7.61. The van der Waals surface area contributed by atoms with Crippen molar-refractivity contribution in [1.29, 1.82) is 0 Å². The van der Waals surface area contributed by atoms with Gasteiger partial charge in [0.2, 0.25) is 0 Å². The first-order chi connectivity index (χ1) is 12.9. The molecule has 0 bridgehead atoms. The predicted octanol–water partition coefficient (Wildman–Crippen LogP) is 3.06.